The second-order valence-electron chi connectivity index (χ2n) is 8.95. The summed E-state index contributed by atoms with van der Waals surface area (Å²) in [5.41, 5.74) is 0.367. The molecule has 0 aromatic heterocycles. The molecule has 0 radical (unpaired) electrons. The molecule has 1 fully saturated rings. The lowest BCUT2D eigenvalue weighted by Gasteiger charge is -2.43. The van der Waals surface area contributed by atoms with Gasteiger partial charge in [0.15, 0.2) is 6.61 Å². The van der Waals surface area contributed by atoms with E-state index >= 15 is 0 Å². The Kier molecular flexibility index (Phi) is 6.24. The largest absolute Gasteiger partial charge is 0.497 e. The topological polar surface area (TPSA) is 79.3 Å². The molecule has 0 spiro atoms. The SMILES string of the molecule is COc1ccc2c(c1)N(CCC1CCC(N(C(=O)O)C(C)(C)C)CC1)C(=O)CO2. The van der Waals surface area contributed by atoms with Gasteiger partial charge < -0.3 is 24.4 Å². The van der Waals surface area contributed by atoms with Crippen molar-refractivity contribution in [1.82, 2.24) is 4.90 Å². The Labute approximate surface area is 172 Å². The van der Waals surface area contributed by atoms with Gasteiger partial charge in [-0.15, -0.1) is 0 Å². The third-order valence-electron chi connectivity index (χ3n) is 5.98. The van der Waals surface area contributed by atoms with Gasteiger partial charge in [0.05, 0.1) is 12.8 Å². The zero-order valence-electron chi connectivity index (χ0n) is 17.8. The standard InChI is InChI=1S/C22H32N2O5/c1-22(2,3)24(21(26)27)16-7-5-15(6-8-16)11-12-23-18-13-17(28-4)9-10-19(18)29-14-20(23)25/h9-10,13,15-16H,5-8,11-12,14H2,1-4H3,(H,26,27). The Morgan fingerprint density at radius 3 is 2.55 bits per heavy atom. The molecule has 2 amide bonds. The Bertz CT molecular complexity index is 750. The second kappa shape index (κ2) is 8.51. The van der Waals surface area contributed by atoms with Gasteiger partial charge >= 0.3 is 6.09 Å². The van der Waals surface area contributed by atoms with E-state index in [9.17, 15) is 14.7 Å². The predicted molar refractivity (Wildman–Crippen MR) is 111 cm³/mol. The zero-order valence-corrected chi connectivity index (χ0v) is 17.8. The quantitative estimate of drug-likeness (QED) is 0.798. The van der Waals surface area contributed by atoms with Gasteiger partial charge in [-0.3, -0.25) is 4.79 Å². The molecule has 1 aliphatic heterocycles. The maximum atomic E-state index is 12.4. The van der Waals surface area contributed by atoms with Gasteiger partial charge in [-0.1, -0.05) is 0 Å². The highest BCUT2D eigenvalue weighted by Crippen LogP contribution is 2.37. The summed E-state index contributed by atoms with van der Waals surface area (Å²) in [6.07, 6.45) is 3.76. The van der Waals surface area contributed by atoms with E-state index in [0.29, 0.717) is 24.0 Å². The van der Waals surface area contributed by atoms with Crippen LogP contribution >= 0.6 is 0 Å². The molecular formula is C22H32N2O5. The number of ether oxygens (including phenoxy) is 2. The van der Waals surface area contributed by atoms with Crippen molar-refractivity contribution in [2.45, 2.75) is 64.5 Å². The Hall–Kier alpha value is -2.44. The van der Waals surface area contributed by atoms with Gasteiger partial charge in [-0.2, -0.15) is 0 Å². The van der Waals surface area contributed by atoms with Gasteiger partial charge in [-0.05, 0) is 70.9 Å². The fourth-order valence-electron chi connectivity index (χ4n) is 4.55. The van der Waals surface area contributed by atoms with E-state index in [1.807, 2.05) is 39.0 Å². The maximum Gasteiger partial charge on any atom is 0.407 e. The summed E-state index contributed by atoms with van der Waals surface area (Å²) in [6, 6.07) is 5.58. The normalized spacial score (nSPS) is 21.9. The lowest BCUT2D eigenvalue weighted by molar-refractivity contribution is -0.121. The number of carbonyl (C=O) groups excluding carboxylic acids is 1. The molecule has 1 aliphatic carbocycles. The molecule has 1 aromatic rings. The summed E-state index contributed by atoms with van der Waals surface area (Å²) in [5, 5.41) is 9.63. The van der Waals surface area contributed by atoms with Crippen molar-refractivity contribution in [3.8, 4) is 11.5 Å². The van der Waals surface area contributed by atoms with Gasteiger partial charge in [0, 0.05) is 24.2 Å². The third-order valence-corrected chi connectivity index (χ3v) is 5.98. The van der Waals surface area contributed by atoms with Crippen LogP contribution in [0.2, 0.25) is 0 Å². The fraction of sp³-hybridized carbons (Fsp3) is 0.636. The number of rotatable bonds is 5. The molecule has 160 valence electrons. The number of nitrogens with zero attached hydrogens (tertiary/aromatic N) is 2. The molecule has 0 saturated heterocycles. The van der Waals surface area contributed by atoms with E-state index < -0.39 is 11.6 Å². The minimum absolute atomic E-state index is 0.0378. The number of methoxy groups -OCH3 is 1. The highest BCUT2D eigenvalue weighted by Gasteiger charge is 2.36. The number of anilines is 1. The van der Waals surface area contributed by atoms with Crippen LogP contribution in [-0.4, -0.2) is 53.8 Å². The molecule has 1 saturated carbocycles. The van der Waals surface area contributed by atoms with Crippen molar-refractivity contribution in [3.05, 3.63) is 18.2 Å². The summed E-state index contributed by atoms with van der Waals surface area (Å²) in [7, 11) is 1.61. The van der Waals surface area contributed by atoms with E-state index in [-0.39, 0.29) is 18.6 Å². The van der Waals surface area contributed by atoms with Gasteiger partial charge in [0.1, 0.15) is 11.5 Å². The first-order valence-corrected chi connectivity index (χ1v) is 10.3. The van der Waals surface area contributed by atoms with Crippen molar-refractivity contribution in [2.75, 3.05) is 25.2 Å². The lowest BCUT2D eigenvalue weighted by Crippen LogP contribution is -2.52. The molecule has 1 heterocycles. The molecule has 29 heavy (non-hydrogen) atoms. The van der Waals surface area contributed by atoms with Crippen LogP contribution in [0, 0.1) is 5.92 Å². The van der Waals surface area contributed by atoms with Crippen molar-refractivity contribution in [2.24, 2.45) is 5.92 Å². The van der Waals surface area contributed by atoms with E-state index in [1.165, 1.54) is 0 Å². The summed E-state index contributed by atoms with van der Waals surface area (Å²) < 4.78 is 10.8. The molecule has 0 unspecified atom stereocenters. The monoisotopic (exact) mass is 404 g/mol. The first-order valence-electron chi connectivity index (χ1n) is 10.3. The molecular weight excluding hydrogens is 372 g/mol. The van der Waals surface area contributed by atoms with Crippen LogP contribution in [0.1, 0.15) is 52.9 Å². The maximum absolute atomic E-state index is 12.4. The Morgan fingerprint density at radius 2 is 1.97 bits per heavy atom. The number of amides is 2. The van der Waals surface area contributed by atoms with Gasteiger partial charge in [-0.25, -0.2) is 4.79 Å². The lowest BCUT2D eigenvalue weighted by atomic mass is 9.82. The molecule has 2 aliphatic rings. The Balaban J connectivity index is 1.60. The van der Waals surface area contributed by atoms with Crippen LogP contribution in [-0.2, 0) is 4.79 Å². The first-order chi connectivity index (χ1) is 13.7. The van der Waals surface area contributed by atoms with Gasteiger partial charge in [0.2, 0.25) is 0 Å². The molecule has 7 heteroatoms. The predicted octanol–water partition coefficient (Wildman–Crippen LogP) is 4.15. The van der Waals surface area contributed by atoms with Crippen molar-refractivity contribution in [1.29, 1.82) is 0 Å². The number of carboxylic acid groups (broad SMARTS) is 1. The van der Waals surface area contributed by atoms with E-state index in [0.717, 1.165) is 37.8 Å². The Morgan fingerprint density at radius 1 is 1.28 bits per heavy atom. The summed E-state index contributed by atoms with van der Waals surface area (Å²) >= 11 is 0. The molecule has 1 aromatic carbocycles. The van der Waals surface area contributed by atoms with Crippen molar-refractivity contribution < 1.29 is 24.2 Å². The highest BCUT2D eigenvalue weighted by molar-refractivity contribution is 5.98. The van der Waals surface area contributed by atoms with Crippen LogP contribution in [0.25, 0.3) is 0 Å². The van der Waals surface area contributed by atoms with E-state index in [4.69, 9.17) is 9.47 Å². The minimum Gasteiger partial charge on any atom is -0.497 e. The second-order valence-corrected chi connectivity index (χ2v) is 8.95. The first kappa shape index (κ1) is 21.3. The molecule has 0 atom stereocenters. The smallest absolute Gasteiger partial charge is 0.407 e. The van der Waals surface area contributed by atoms with E-state index in [1.54, 1.807) is 16.9 Å². The molecule has 3 rings (SSSR count). The van der Waals surface area contributed by atoms with Crippen molar-refractivity contribution >= 4 is 17.7 Å². The van der Waals surface area contributed by atoms with Crippen molar-refractivity contribution in [3.63, 3.8) is 0 Å². The summed E-state index contributed by atoms with van der Waals surface area (Å²) in [4.78, 5) is 27.6. The fourth-order valence-corrected chi connectivity index (χ4v) is 4.55. The van der Waals surface area contributed by atoms with Crippen LogP contribution < -0.4 is 14.4 Å². The number of hydrogen-bond acceptors (Lipinski definition) is 4. The van der Waals surface area contributed by atoms with E-state index in [2.05, 4.69) is 0 Å². The summed E-state index contributed by atoms with van der Waals surface area (Å²) in [5.74, 6) is 1.86. The van der Waals surface area contributed by atoms with Gasteiger partial charge in [0.25, 0.3) is 5.91 Å². The van der Waals surface area contributed by atoms with Crippen LogP contribution in [0.3, 0.4) is 0 Å². The molecule has 1 N–H and O–H groups in total. The zero-order chi connectivity index (χ0) is 21.2. The number of hydrogen-bond donors (Lipinski definition) is 1. The number of benzene rings is 1. The highest BCUT2D eigenvalue weighted by atomic mass is 16.5. The minimum atomic E-state index is -0.842. The number of fused-ring (bicyclic) bond motifs is 1. The van der Waals surface area contributed by atoms with Crippen LogP contribution in [0.5, 0.6) is 11.5 Å². The molecule has 7 nitrogen and oxygen atoms in total. The van der Waals surface area contributed by atoms with Crippen LogP contribution in [0.4, 0.5) is 10.5 Å². The average molecular weight is 405 g/mol. The molecule has 0 bridgehead atoms. The van der Waals surface area contributed by atoms with Crippen LogP contribution in [0.15, 0.2) is 18.2 Å². The number of carbonyl (C=O) groups is 2. The third kappa shape index (κ3) is 4.77. The summed E-state index contributed by atoms with van der Waals surface area (Å²) in [6.45, 7) is 6.54. The average Bonchev–Trinajstić information content (AvgIpc) is 2.66.